The highest BCUT2D eigenvalue weighted by Crippen LogP contribution is 1.93. The second kappa shape index (κ2) is 7.66. The Hall–Kier alpha value is -1.62. The van der Waals surface area contributed by atoms with Crippen molar-refractivity contribution in [3.05, 3.63) is 30.1 Å². The third kappa shape index (κ3) is 5.14. The summed E-state index contributed by atoms with van der Waals surface area (Å²) in [5.41, 5.74) is 0.919. The summed E-state index contributed by atoms with van der Waals surface area (Å²) in [6.45, 7) is 0.520. The van der Waals surface area contributed by atoms with E-state index in [4.69, 9.17) is 11.6 Å². The summed E-state index contributed by atoms with van der Waals surface area (Å²) in [5.74, 6) is -0.582. The SMILES string of the molecule is CN(CC(=O)NCCc1ccccn1)C(=O)CCl. The number of nitrogens with zero attached hydrogens (tertiary/aromatic N) is 2. The lowest BCUT2D eigenvalue weighted by Crippen LogP contribution is -2.39. The highest BCUT2D eigenvalue weighted by Gasteiger charge is 2.10. The Morgan fingerprint density at radius 1 is 1.44 bits per heavy atom. The van der Waals surface area contributed by atoms with Crippen LogP contribution >= 0.6 is 11.6 Å². The average Bonchev–Trinajstić information content (AvgIpc) is 2.38. The fraction of sp³-hybridized carbons (Fsp3) is 0.417. The van der Waals surface area contributed by atoms with Gasteiger partial charge in [-0.15, -0.1) is 11.6 Å². The molecule has 0 fully saturated rings. The largest absolute Gasteiger partial charge is 0.354 e. The predicted octanol–water partition coefficient (Wildman–Crippen LogP) is 0.437. The first-order valence-corrected chi connectivity index (χ1v) is 6.13. The number of rotatable bonds is 6. The fourth-order valence-electron chi connectivity index (χ4n) is 1.34. The van der Waals surface area contributed by atoms with Gasteiger partial charge in [0, 0.05) is 31.9 Å². The van der Waals surface area contributed by atoms with E-state index in [9.17, 15) is 9.59 Å². The standard InChI is InChI=1S/C12H16ClN3O2/c1-16(12(18)8-13)9-11(17)15-7-5-10-4-2-3-6-14-10/h2-4,6H,5,7-9H2,1H3,(H,15,17). The zero-order valence-corrected chi connectivity index (χ0v) is 11.0. The van der Waals surface area contributed by atoms with E-state index in [0.717, 1.165) is 5.69 Å². The van der Waals surface area contributed by atoms with Gasteiger partial charge in [-0.1, -0.05) is 6.07 Å². The molecule has 1 aromatic heterocycles. The molecule has 1 rings (SSSR count). The molecule has 0 aromatic carbocycles. The number of aromatic nitrogens is 1. The van der Waals surface area contributed by atoms with Crippen LogP contribution in [0.15, 0.2) is 24.4 Å². The number of halogens is 1. The molecule has 0 spiro atoms. The van der Waals surface area contributed by atoms with Gasteiger partial charge in [-0.25, -0.2) is 0 Å². The summed E-state index contributed by atoms with van der Waals surface area (Å²) in [4.78, 5) is 28.1. The highest BCUT2D eigenvalue weighted by atomic mass is 35.5. The third-order valence-electron chi connectivity index (χ3n) is 2.35. The number of hydrogen-bond acceptors (Lipinski definition) is 3. The second-order valence-electron chi connectivity index (χ2n) is 3.80. The van der Waals surface area contributed by atoms with Crippen molar-refractivity contribution in [2.75, 3.05) is 26.0 Å². The van der Waals surface area contributed by atoms with Gasteiger partial charge in [0.25, 0.3) is 0 Å². The molecule has 0 atom stereocenters. The summed E-state index contributed by atoms with van der Waals surface area (Å²) in [6, 6.07) is 5.64. The maximum Gasteiger partial charge on any atom is 0.239 e. The topological polar surface area (TPSA) is 62.3 Å². The molecular formula is C12H16ClN3O2. The maximum atomic E-state index is 11.5. The van der Waals surface area contributed by atoms with Gasteiger partial charge < -0.3 is 10.2 Å². The van der Waals surface area contributed by atoms with Crippen molar-refractivity contribution in [2.45, 2.75) is 6.42 Å². The van der Waals surface area contributed by atoms with Crippen LogP contribution in [0.4, 0.5) is 0 Å². The number of pyridine rings is 1. The fourth-order valence-corrected chi connectivity index (χ4v) is 1.54. The van der Waals surface area contributed by atoms with E-state index in [-0.39, 0.29) is 24.2 Å². The molecule has 0 aliphatic heterocycles. The number of amides is 2. The summed E-state index contributed by atoms with van der Waals surface area (Å²) in [6.07, 6.45) is 2.38. The van der Waals surface area contributed by atoms with Gasteiger partial charge in [0.2, 0.25) is 11.8 Å². The lowest BCUT2D eigenvalue weighted by atomic mass is 10.3. The molecule has 1 heterocycles. The van der Waals surface area contributed by atoms with Crippen LogP contribution in [0.25, 0.3) is 0 Å². The molecule has 98 valence electrons. The Bertz CT molecular complexity index is 398. The minimum atomic E-state index is -0.267. The van der Waals surface area contributed by atoms with E-state index >= 15 is 0 Å². The van der Waals surface area contributed by atoms with E-state index in [2.05, 4.69) is 10.3 Å². The van der Waals surface area contributed by atoms with Crippen LogP contribution in [0.5, 0.6) is 0 Å². The molecule has 0 saturated heterocycles. The minimum absolute atomic E-state index is 0.0216. The predicted molar refractivity (Wildman–Crippen MR) is 69.3 cm³/mol. The summed E-state index contributed by atoms with van der Waals surface area (Å²) >= 11 is 5.38. The van der Waals surface area contributed by atoms with Gasteiger partial charge in [-0.2, -0.15) is 0 Å². The summed E-state index contributed by atoms with van der Waals surface area (Å²) < 4.78 is 0. The van der Waals surface area contributed by atoms with Gasteiger partial charge in [0.05, 0.1) is 6.54 Å². The van der Waals surface area contributed by atoms with E-state index in [1.54, 1.807) is 13.2 Å². The van der Waals surface area contributed by atoms with Crippen LogP contribution in [0.3, 0.4) is 0 Å². The summed E-state index contributed by atoms with van der Waals surface area (Å²) in [5, 5.41) is 2.73. The number of nitrogens with one attached hydrogen (secondary N) is 1. The Kier molecular flexibility index (Phi) is 6.14. The first-order valence-electron chi connectivity index (χ1n) is 5.60. The first-order chi connectivity index (χ1) is 8.63. The smallest absolute Gasteiger partial charge is 0.239 e. The lowest BCUT2D eigenvalue weighted by molar-refractivity contribution is -0.132. The van der Waals surface area contributed by atoms with Crippen molar-refractivity contribution in [1.29, 1.82) is 0 Å². The molecule has 5 nitrogen and oxygen atoms in total. The van der Waals surface area contributed by atoms with Crippen molar-refractivity contribution in [3.8, 4) is 0 Å². The van der Waals surface area contributed by atoms with Crippen molar-refractivity contribution in [1.82, 2.24) is 15.2 Å². The first kappa shape index (κ1) is 14.4. The maximum absolute atomic E-state index is 11.5. The Morgan fingerprint density at radius 2 is 2.22 bits per heavy atom. The Labute approximate surface area is 111 Å². The second-order valence-corrected chi connectivity index (χ2v) is 4.07. The average molecular weight is 270 g/mol. The van der Waals surface area contributed by atoms with Gasteiger partial charge >= 0.3 is 0 Å². The van der Waals surface area contributed by atoms with E-state index < -0.39 is 0 Å². The van der Waals surface area contributed by atoms with Crippen LogP contribution in [-0.4, -0.2) is 47.7 Å². The van der Waals surface area contributed by atoms with Crippen LogP contribution < -0.4 is 5.32 Å². The number of likely N-dealkylation sites (N-methyl/N-ethyl adjacent to an activating group) is 1. The molecule has 0 aliphatic carbocycles. The monoisotopic (exact) mass is 269 g/mol. The van der Waals surface area contributed by atoms with Gasteiger partial charge in [0.15, 0.2) is 0 Å². The van der Waals surface area contributed by atoms with Crippen molar-refractivity contribution >= 4 is 23.4 Å². The quantitative estimate of drug-likeness (QED) is 0.762. The van der Waals surface area contributed by atoms with Crippen molar-refractivity contribution < 1.29 is 9.59 Å². The van der Waals surface area contributed by atoms with Crippen LogP contribution in [0, 0.1) is 0 Å². The zero-order valence-electron chi connectivity index (χ0n) is 10.2. The number of hydrogen-bond donors (Lipinski definition) is 1. The molecule has 0 aliphatic rings. The molecule has 6 heteroatoms. The normalized spacial score (nSPS) is 9.89. The van der Waals surface area contributed by atoms with Crippen LogP contribution in [-0.2, 0) is 16.0 Å². The van der Waals surface area contributed by atoms with Crippen LogP contribution in [0.1, 0.15) is 5.69 Å². The molecular weight excluding hydrogens is 254 g/mol. The third-order valence-corrected chi connectivity index (χ3v) is 2.58. The molecule has 18 heavy (non-hydrogen) atoms. The van der Waals surface area contributed by atoms with Gasteiger partial charge in [-0.3, -0.25) is 14.6 Å². The van der Waals surface area contributed by atoms with Gasteiger partial charge in [-0.05, 0) is 12.1 Å². The number of carbonyl (C=O) groups is 2. The van der Waals surface area contributed by atoms with Crippen molar-refractivity contribution in [3.63, 3.8) is 0 Å². The van der Waals surface area contributed by atoms with Crippen molar-refractivity contribution in [2.24, 2.45) is 0 Å². The lowest BCUT2D eigenvalue weighted by Gasteiger charge is -2.15. The molecule has 0 unspecified atom stereocenters. The van der Waals surface area contributed by atoms with Gasteiger partial charge in [0.1, 0.15) is 5.88 Å². The van der Waals surface area contributed by atoms with E-state index in [0.29, 0.717) is 13.0 Å². The molecule has 0 bridgehead atoms. The Balaban J connectivity index is 2.23. The number of alkyl halides is 1. The Morgan fingerprint density at radius 3 is 2.83 bits per heavy atom. The molecule has 0 saturated carbocycles. The molecule has 1 aromatic rings. The summed E-state index contributed by atoms with van der Waals surface area (Å²) in [7, 11) is 1.54. The number of carbonyl (C=O) groups excluding carboxylic acids is 2. The molecule has 1 N–H and O–H groups in total. The molecule has 0 radical (unpaired) electrons. The zero-order chi connectivity index (χ0) is 13.4. The highest BCUT2D eigenvalue weighted by molar-refractivity contribution is 6.27. The van der Waals surface area contributed by atoms with Crippen LogP contribution in [0.2, 0.25) is 0 Å². The minimum Gasteiger partial charge on any atom is -0.354 e. The van der Waals surface area contributed by atoms with E-state index in [1.165, 1.54) is 4.90 Å². The van der Waals surface area contributed by atoms with E-state index in [1.807, 2.05) is 18.2 Å². The molecule has 2 amide bonds.